The second kappa shape index (κ2) is 46.3. The van der Waals surface area contributed by atoms with Crippen LogP contribution in [-0.2, 0) is 41.0 Å². The van der Waals surface area contributed by atoms with Gasteiger partial charge in [-0.3, -0.25) is 72.6 Å². The van der Waals surface area contributed by atoms with Gasteiger partial charge in [0, 0.05) is 139 Å². The molecule has 3 aliphatic rings. The minimum atomic E-state index is -1.52. The van der Waals surface area contributed by atoms with Crippen molar-refractivity contribution in [3.05, 3.63) is 178 Å². The third kappa shape index (κ3) is 28.0. The topological polar surface area (TPSA) is 363 Å². The van der Waals surface area contributed by atoms with E-state index in [0.29, 0.717) is 103 Å². The second-order valence-electron chi connectivity index (χ2n) is 31.0. The summed E-state index contributed by atoms with van der Waals surface area (Å²) >= 11 is 6.71. The minimum absolute atomic E-state index is 0.0240. The predicted molar refractivity (Wildman–Crippen MR) is 444 cm³/mol. The smallest absolute Gasteiger partial charge is 0.330 e. The van der Waals surface area contributed by atoms with E-state index in [1.807, 2.05) is 13.8 Å². The van der Waals surface area contributed by atoms with Gasteiger partial charge in [-0.15, -0.1) is 0 Å². The van der Waals surface area contributed by atoms with Gasteiger partial charge in [-0.05, 0) is 214 Å². The van der Waals surface area contributed by atoms with Gasteiger partial charge in [0.2, 0.25) is 0 Å². The zero-order chi connectivity index (χ0) is 84.8. The molecule has 5 aromatic rings. The molecule has 2 aromatic carbocycles. The van der Waals surface area contributed by atoms with Crippen LogP contribution in [0.15, 0.2) is 95.9 Å². The largest absolute Gasteiger partial charge is 0.392 e. The summed E-state index contributed by atoms with van der Waals surface area (Å²) in [5.41, 5.74) is 0.270. The number of aryl methyl sites for hydroxylation is 3. The van der Waals surface area contributed by atoms with E-state index in [0.717, 1.165) is 12.0 Å². The summed E-state index contributed by atoms with van der Waals surface area (Å²) in [6.45, 7) is 54.8. The van der Waals surface area contributed by atoms with Crippen LogP contribution in [0.2, 0.25) is 0 Å². The molecule has 0 amide bonds. The Hall–Kier alpha value is -5.66. The summed E-state index contributed by atoms with van der Waals surface area (Å²) in [5.74, 6) is 0. The van der Waals surface area contributed by atoms with Crippen LogP contribution >= 0.6 is 35.8 Å². The van der Waals surface area contributed by atoms with Crippen LogP contribution in [0.5, 0.6) is 0 Å². The highest BCUT2D eigenvalue weighted by molar-refractivity contribution is 7.80. The van der Waals surface area contributed by atoms with Crippen molar-refractivity contribution >= 4 is 47.2 Å². The number of aromatic nitrogens is 6. The summed E-state index contributed by atoms with van der Waals surface area (Å²) in [7, 11) is -3.30. The van der Waals surface area contributed by atoms with Crippen LogP contribution in [0.3, 0.4) is 0 Å². The van der Waals surface area contributed by atoms with E-state index in [1.165, 1.54) is 62.5 Å². The number of nitro benzene ring substituents is 2. The SMILES string of the molecule is CC(C)N(C(C)C)P(Cl)N(C(C)C)C(C)C.CC[C@H]1O[C@@H](n2cc(C)c(=O)[nH]c2=O)C[C@H]1O.CC[C@H]1O[C@@H](n2cc(C)c(=O)[nH]c2=O)C[C@H]1OP(N(C(C)C)C(C)C)N(C(C)C)C(C)C.CC[C@H]1O[C@@H](n2cc(C)c(=O)[nH]c2=O)C[C@H]1OP(OCc1ccc([N+](=O)[O-])cc1)N(C(C)C)C(C)C.O=[N+]([O-])c1ccc(CO)cc1. The van der Waals surface area contributed by atoms with Crippen molar-refractivity contribution in [2.75, 3.05) is 0 Å². The van der Waals surface area contributed by atoms with Crippen molar-refractivity contribution in [3.8, 4) is 0 Å². The number of rotatable bonds is 31. The fourth-order valence-corrected chi connectivity index (χ4v) is 21.7. The molecular formula is C77H129ClN13O18P3. The molecule has 3 fully saturated rings. The molecule has 3 aromatic heterocycles. The minimum Gasteiger partial charge on any atom is -0.392 e. The molecule has 3 aliphatic heterocycles. The van der Waals surface area contributed by atoms with E-state index < -0.39 is 87.4 Å². The average molecular weight is 1650 g/mol. The highest BCUT2D eigenvalue weighted by Crippen LogP contribution is 2.56. The summed E-state index contributed by atoms with van der Waals surface area (Å²) in [4.78, 5) is 98.5. The van der Waals surface area contributed by atoms with E-state index in [-0.39, 0.29) is 72.8 Å². The maximum Gasteiger partial charge on any atom is 0.330 e. The quantitative estimate of drug-likeness (QED) is 0.0156. The Morgan fingerprint density at radius 1 is 0.473 bits per heavy atom. The van der Waals surface area contributed by atoms with E-state index in [2.05, 4.69) is 184 Å². The van der Waals surface area contributed by atoms with Gasteiger partial charge in [0.1, 0.15) is 26.3 Å². The number of non-ortho nitro benzene ring substituents is 2. The number of nitrogens with one attached hydrogen (secondary N) is 3. The number of aromatic amines is 3. The van der Waals surface area contributed by atoms with E-state index in [4.69, 9.17) is 44.1 Å². The molecule has 632 valence electrons. The first-order valence-electron chi connectivity index (χ1n) is 39.0. The van der Waals surface area contributed by atoms with E-state index in [9.17, 15) is 54.1 Å². The van der Waals surface area contributed by atoms with Crippen molar-refractivity contribution in [2.24, 2.45) is 0 Å². The fourth-order valence-electron chi connectivity index (χ4n) is 13.6. The third-order valence-electron chi connectivity index (χ3n) is 18.7. The monoisotopic (exact) mass is 1650 g/mol. The van der Waals surface area contributed by atoms with Crippen LogP contribution in [0.1, 0.15) is 244 Å². The Labute approximate surface area is 668 Å². The van der Waals surface area contributed by atoms with Gasteiger partial charge in [-0.2, -0.15) is 0 Å². The van der Waals surface area contributed by atoms with E-state index >= 15 is 0 Å². The first kappa shape index (κ1) is 98.7. The summed E-state index contributed by atoms with van der Waals surface area (Å²) in [6.07, 6.45) is 4.88. The number of aliphatic hydroxyl groups excluding tert-OH is 2. The number of nitrogens with zero attached hydrogens (tertiary/aromatic N) is 10. The van der Waals surface area contributed by atoms with Crippen LogP contribution in [-0.4, -0.2) is 169 Å². The lowest BCUT2D eigenvalue weighted by Crippen LogP contribution is -2.44. The maximum atomic E-state index is 12.5. The predicted octanol–water partition coefficient (Wildman–Crippen LogP) is 14.5. The van der Waals surface area contributed by atoms with Gasteiger partial charge in [-0.25, -0.2) is 28.4 Å². The van der Waals surface area contributed by atoms with E-state index in [1.54, 1.807) is 39.1 Å². The first-order chi connectivity index (χ1) is 52.3. The van der Waals surface area contributed by atoms with Gasteiger partial charge in [0.25, 0.3) is 36.6 Å². The van der Waals surface area contributed by atoms with Crippen LogP contribution < -0.4 is 33.7 Å². The molecule has 31 nitrogen and oxygen atoms in total. The number of halogens is 1. The lowest BCUT2D eigenvalue weighted by molar-refractivity contribution is -0.385. The van der Waals surface area contributed by atoms with Crippen LogP contribution in [0, 0.1) is 41.0 Å². The molecule has 3 saturated heterocycles. The van der Waals surface area contributed by atoms with Crippen molar-refractivity contribution in [3.63, 3.8) is 0 Å². The molecule has 35 heteroatoms. The molecule has 0 saturated carbocycles. The summed E-state index contributed by atoms with van der Waals surface area (Å²) in [5, 5.41) is 39.4. The number of hydrogen-bond donors (Lipinski definition) is 5. The van der Waals surface area contributed by atoms with Crippen molar-refractivity contribution in [1.82, 2.24) is 52.0 Å². The molecule has 10 atom stereocenters. The van der Waals surface area contributed by atoms with Gasteiger partial charge >= 0.3 is 17.1 Å². The number of hydrogen-bond acceptors (Lipinski definition) is 23. The van der Waals surface area contributed by atoms with Crippen molar-refractivity contribution in [1.29, 1.82) is 0 Å². The first-order valence-corrected chi connectivity index (χ1v) is 43.4. The van der Waals surface area contributed by atoms with Crippen molar-refractivity contribution in [2.45, 2.75) is 347 Å². The fraction of sp³-hybridized carbons (Fsp3) is 0.688. The maximum absolute atomic E-state index is 12.5. The highest BCUT2D eigenvalue weighted by atomic mass is 35.7. The molecule has 0 bridgehead atoms. The molecule has 5 N–H and O–H groups in total. The lowest BCUT2D eigenvalue weighted by atomic mass is 10.1. The second-order valence-corrected chi connectivity index (χ2v) is 36.3. The molecule has 1 unspecified atom stereocenters. The zero-order valence-electron chi connectivity index (χ0n) is 70.6. The van der Waals surface area contributed by atoms with Gasteiger partial charge < -0.3 is 38.0 Å². The third-order valence-corrected chi connectivity index (χ3v) is 27.5. The Morgan fingerprint density at radius 3 is 1.05 bits per heavy atom. The van der Waals surface area contributed by atoms with Gasteiger partial charge in [-0.1, -0.05) is 32.0 Å². The molecule has 0 radical (unpaired) electrons. The standard InChI is InChI=1S/C24H35N4O7P.C23H43N4O4P.C12H28ClN2P.C11H16N2O4.C7H7NO3/c1-7-20-21(12-22(34-20)26-13-17(6)23(29)25-24(26)30)35-36(27(15(2)3)16(4)5)33-14-18-8-10-19(11-9-18)28(31)32;1-11-19-20(12-21(30-19)25-13-18(10)22(28)24-23(25)29)31-32(26(14(2)3)15(4)5)27(16(6)7)17(8)9;1-9(2)14(10(3)4)16(13)15(11(5)6)12(7)8;1-3-8-7(14)4-9(17-8)13-5-6(2)10(15)12-11(13)16;9-5-6-1-3-7(4-2-6)8(10)11/h8-11,13,15-16,20-22H,7,12,14H2,1-6H3,(H,25,29,30);13-17,19-21H,11-12H2,1-10H3,(H,24,28,29);9-12H,1-8H3;5,7-9,14H,3-4H2,1-2H3,(H,12,15,16);1-4,9H,5H2/t20-,21-,22-,36?;19-,20-,21-;;7-,8-,9-;/m11.1./s1. The number of aliphatic hydroxyl groups is 2. The Balaban J connectivity index is 0.000000314. The highest BCUT2D eigenvalue weighted by Gasteiger charge is 2.45. The van der Waals surface area contributed by atoms with Crippen molar-refractivity contribution < 1.29 is 47.8 Å². The average Bonchev–Trinajstić information content (AvgIpc) is 1.64. The Morgan fingerprint density at radius 2 is 0.768 bits per heavy atom. The van der Waals surface area contributed by atoms with Gasteiger partial charge in [0.05, 0.1) is 59.7 Å². The molecule has 0 spiro atoms. The summed E-state index contributed by atoms with van der Waals surface area (Å²) < 4.78 is 54.0. The summed E-state index contributed by atoms with van der Waals surface area (Å²) in [6, 6.07) is 15.6. The Bertz CT molecular complexity index is 4000. The molecule has 6 heterocycles. The van der Waals surface area contributed by atoms with Crippen LogP contribution in [0.4, 0.5) is 11.4 Å². The molecule has 0 aliphatic carbocycles. The molecule has 8 rings (SSSR count). The number of H-pyrrole nitrogens is 3. The van der Waals surface area contributed by atoms with Gasteiger partial charge in [0.15, 0.2) is 8.45 Å². The molecular weight excluding hydrogens is 1520 g/mol. The lowest BCUT2D eigenvalue weighted by Gasteiger charge is -2.46. The normalized spacial score (nSPS) is 20.2. The van der Waals surface area contributed by atoms with Crippen LogP contribution in [0.25, 0.3) is 0 Å². The number of ether oxygens (including phenoxy) is 3. The number of nitro groups is 2. The number of benzene rings is 2. The Kier molecular flexibility index (Phi) is 40.8. The zero-order valence-corrected chi connectivity index (χ0v) is 74.0. The molecule has 112 heavy (non-hydrogen) atoms.